The topological polar surface area (TPSA) is 98.0 Å². The van der Waals surface area contributed by atoms with E-state index in [1.165, 1.54) is 6.92 Å². The van der Waals surface area contributed by atoms with Crippen molar-refractivity contribution in [2.45, 2.75) is 26.5 Å². The van der Waals surface area contributed by atoms with Crippen molar-refractivity contribution in [2.24, 2.45) is 4.99 Å². The number of aliphatic hydroxyl groups excluding tert-OH is 1. The summed E-state index contributed by atoms with van der Waals surface area (Å²) < 4.78 is 11.9. The Bertz CT molecular complexity index is 462. The largest absolute Gasteiger partial charge is 0.862 e. The summed E-state index contributed by atoms with van der Waals surface area (Å²) in [7, 11) is 0. The third kappa shape index (κ3) is 3.75. The molecule has 1 N–H and O–H groups in total. The molecule has 0 amide bonds. The average Bonchev–Trinajstić information content (AvgIpc) is 2.79. The van der Waals surface area contributed by atoms with E-state index in [1.54, 1.807) is 11.6 Å². The van der Waals surface area contributed by atoms with E-state index in [2.05, 4.69) is 15.2 Å². The Morgan fingerprint density at radius 3 is 2.85 bits per heavy atom. The molecular formula is C12H20N4O4. The standard InChI is InChI=1S/C12H20N4O4/c1-9(17)11-12(13-10(2)18)20-14-16(11)4-3-15-5-7-19-8-6-15/h9,17H,3-8H2,1-2H3. The SMILES string of the molecule is C/C([O-])=N/c1on[n+](CCN2CCOCC2)c1C(C)O. The summed E-state index contributed by atoms with van der Waals surface area (Å²) in [5.41, 5.74) is 0.424. The zero-order chi connectivity index (χ0) is 14.5. The molecule has 1 aromatic heterocycles. The van der Waals surface area contributed by atoms with Gasteiger partial charge in [0.15, 0.2) is 6.54 Å². The van der Waals surface area contributed by atoms with Gasteiger partial charge in [0, 0.05) is 13.1 Å². The second-order valence-corrected chi connectivity index (χ2v) is 4.75. The zero-order valence-corrected chi connectivity index (χ0v) is 11.8. The van der Waals surface area contributed by atoms with E-state index in [0.717, 1.165) is 32.8 Å². The van der Waals surface area contributed by atoms with Crippen LogP contribution in [0, 0.1) is 0 Å². The lowest BCUT2D eigenvalue weighted by atomic mass is 10.3. The highest BCUT2D eigenvalue weighted by molar-refractivity contribution is 5.71. The lowest BCUT2D eigenvalue weighted by Crippen LogP contribution is -2.47. The Hall–Kier alpha value is -1.51. The van der Waals surface area contributed by atoms with Crippen molar-refractivity contribution < 1.29 is 24.2 Å². The molecule has 1 saturated heterocycles. The van der Waals surface area contributed by atoms with Crippen LogP contribution in [0.5, 0.6) is 0 Å². The van der Waals surface area contributed by atoms with Crippen LogP contribution >= 0.6 is 0 Å². The molecule has 1 fully saturated rings. The molecule has 2 heterocycles. The van der Waals surface area contributed by atoms with Crippen molar-refractivity contribution in [2.75, 3.05) is 32.8 Å². The Morgan fingerprint density at radius 2 is 2.25 bits per heavy atom. The number of hydrogen-bond donors (Lipinski definition) is 1. The predicted octanol–water partition coefficient (Wildman–Crippen LogP) is -1.24. The highest BCUT2D eigenvalue weighted by atomic mass is 16.5. The maximum Gasteiger partial charge on any atom is 0.326 e. The van der Waals surface area contributed by atoms with Gasteiger partial charge in [0.2, 0.25) is 5.27 Å². The van der Waals surface area contributed by atoms with Gasteiger partial charge in [0.25, 0.3) is 0 Å². The maximum absolute atomic E-state index is 11.0. The van der Waals surface area contributed by atoms with Crippen molar-refractivity contribution in [3.63, 3.8) is 0 Å². The van der Waals surface area contributed by atoms with Gasteiger partial charge >= 0.3 is 11.6 Å². The number of aliphatic imine (C=N–C) groups is 1. The molecule has 2 rings (SSSR count). The third-order valence-corrected chi connectivity index (χ3v) is 3.11. The van der Waals surface area contributed by atoms with E-state index in [0.29, 0.717) is 12.2 Å². The van der Waals surface area contributed by atoms with Crippen molar-refractivity contribution >= 4 is 11.8 Å². The van der Waals surface area contributed by atoms with Crippen LogP contribution < -0.4 is 9.79 Å². The van der Waals surface area contributed by atoms with Crippen LogP contribution in [-0.2, 0) is 11.3 Å². The molecule has 1 aromatic rings. The summed E-state index contributed by atoms with van der Waals surface area (Å²) in [6, 6.07) is 0. The lowest BCUT2D eigenvalue weighted by molar-refractivity contribution is -0.770. The summed E-state index contributed by atoms with van der Waals surface area (Å²) in [5.74, 6) is -0.308. The van der Waals surface area contributed by atoms with Crippen molar-refractivity contribution in [3.8, 4) is 0 Å². The molecule has 0 spiro atoms. The summed E-state index contributed by atoms with van der Waals surface area (Å²) in [4.78, 5) is 5.96. The minimum Gasteiger partial charge on any atom is -0.862 e. The highest BCUT2D eigenvalue weighted by Crippen LogP contribution is 2.21. The van der Waals surface area contributed by atoms with Gasteiger partial charge in [-0.05, 0) is 24.4 Å². The second kappa shape index (κ2) is 6.78. The second-order valence-electron chi connectivity index (χ2n) is 4.75. The number of aliphatic hydroxyl groups is 1. The quantitative estimate of drug-likeness (QED) is 0.412. The van der Waals surface area contributed by atoms with E-state index < -0.39 is 6.10 Å². The average molecular weight is 284 g/mol. The molecule has 1 atom stereocenters. The number of ether oxygens (including phenoxy) is 1. The Kier molecular flexibility index (Phi) is 5.05. The molecule has 0 aromatic carbocycles. The van der Waals surface area contributed by atoms with E-state index >= 15 is 0 Å². The van der Waals surface area contributed by atoms with Crippen molar-refractivity contribution in [3.05, 3.63) is 5.69 Å². The zero-order valence-electron chi connectivity index (χ0n) is 11.8. The van der Waals surface area contributed by atoms with Gasteiger partial charge in [-0.2, -0.15) is 0 Å². The monoisotopic (exact) mass is 284 g/mol. The van der Waals surface area contributed by atoms with Gasteiger partial charge in [-0.1, -0.05) is 0 Å². The minimum absolute atomic E-state index is 0.0782. The van der Waals surface area contributed by atoms with Gasteiger partial charge in [0.05, 0.1) is 19.8 Å². The van der Waals surface area contributed by atoms with E-state index in [9.17, 15) is 10.2 Å². The number of nitrogens with zero attached hydrogens (tertiary/aromatic N) is 4. The molecule has 1 aliphatic rings. The molecule has 20 heavy (non-hydrogen) atoms. The number of rotatable bonds is 5. The van der Waals surface area contributed by atoms with Gasteiger partial charge in [-0.3, -0.25) is 9.42 Å². The van der Waals surface area contributed by atoms with Crippen LogP contribution in [0.1, 0.15) is 25.6 Å². The van der Waals surface area contributed by atoms with Crippen LogP contribution in [0.3, 0.4) is 0 Å². The fourth-order valence-electron chi connectivity index (χ4n) is 2.13. The highest BCUT2D eigenvalue weighted by Gasteiger charge is 2.29. The fourth-order valence-corrected chi connectivity index (χ4v) is 2.13. The predicted molar refractivity (Wildman–Crippen MR) is 67.4 cm³/mol. The lowest BCUT2D eigenvalue weighted by Gasteiger charge is -2.24. The summed E-state index contributed by atoms with van der Waals surface area (Å²) in [5, 5.41) is 24.7. The van der Waals surface area contributed by atoms with Gasteiger partial charge in [0.1, 0.15) is 6.10 Å². The number of morpholine rings is 1. The van der Waals surface area contributed by atoms with Gasteiger partial charge in [-0.15, -0.1) is 0 Å². The first-order valence-corrected chi connectivity index (χ1v) is 6.68. The normalized spacial score (nSPS) is 19.2. The molecular weight excluding hydrogens is 264 g/mol. The Labute approximate surface area is 117 Å². The van der Waals surface area contributed by atoms with Gasteiger partial charge in [-0.25, -0.2) is 4.99 Å². The summed E-state index contributed by atoms with van der Waals surface area (Å²) >= 11 is 0. The van der Waals surface area contributed by atoms with Crippen molar-refractivity contribution in [1.29, 1.82) is 0 Å². The van der Waals surface area contributed by atoms with Crippen LogP contribution in [0.2, 0.25) is 0 Å². The molecule has 8 heteroatoms. The van der Waals surface area contributed by atoms with Crippen LogP contribution in [0.15, 0.2) is 9.52 Å². The molecule has 8 nitrogen and oxygen atoms in total. The minimum atomic E-state index is -0.802. The van der Waals surface area contributed by atoms with E-state index in [4.69, 9.17) is 9.26 Å². The molecule has 0 aliphatic carbocycles. The molecule has 0 radical (unpaired) electrons. The fraction of sp³-hybridized carbons (Fsp3) is 0.750. The molecule has 1 unspecified atom stereocenters. The first-order chi connectivity index (χ1) is 9.58. The smallest absolute Gasteiger partial charge is 0.326 e. The molecule has 112 valence electrons. The van der Waals surface area contributed by atoms with E-state index in [1.807, 2.05) is 0 Å². The third-order valence-electron chi connectivity index (χ3n) is 3.11. The van der Waals surface area contributed by atoms with E-state index in [-0.39, 0.29) is 11.8 Å². The number of hydrogen-bond acceptors (Lipinski definition) is 7. The van der Waals surface area contributed by atoms with Gasteiger partial charge < -0.3 is 14.9 Å². The van der Waals surface area contributed by atoms with Crippen molar-refractivity contribution in [1.82, 2.24) is 10.2 Å². The first kappa shape index (κ1) is 14.9. The van der Waals surface area contributed by atoms with Crippen LogP contribution in [0.4, 0.5) is 5.88 Å². The number of aromatic nitrogens is 2. The molecule has 0 saturated carbocycles. The summed E-state index contributed by atoms with van der Waals surface area (Å²) in [6.07, 6.45) is -0.802. The Balaban J connectivity index is 2.06. The molecule has 0 bridgehead atoms. The Morgan fingerprint density at radius 1 is 1.55 bits per heavy atom. The maximum atomic E-state index is 11.0. The van der Waals surface area contributed by atoms with Crippen LogP contribution in [0.25, 0.3) is 0 Å². The van der Waals surface area contributed by atoms with Crippen LogP contribution in [-0.4, -0.2) is 54.0 Å². The first-order valence-electron chi connectivity index (χ1n) is 6.68. The molecule has 1 aliphatic heterocycles. The summed E-state index contributed by atoms with van der Waals surface area (Å²) in [6.45, 7) is 7.50.